The van der Waals surface area contributed by atoms with Crippen LogP contribution in [0.4, 0.5) is 11.4 Å². The van der Waals surface area contributed by atoms with Gasteiger partial charge < -0.3 is 15.5 Å². The quantitative estimate of drug-likeness (QED) is 0.819. The van der Waals surface area contributed by atoms with Gasteiger partial charge in [0.25, 0.3) is 11.8 Å². The Morgan fingerprint density at radius 3 is 2.31 bits per heavy atom. The van der Waals surface area contributed by atoms with Crippen LogP contribution in [-0.2, 0) is 0 Å². The highest BCUT2D eigenvalue weighted by molar-refractivity contribution is 6.05. The molecule has 2 heterocycles. The highest BCUT2D eigenvalue weighted by atomic mass is 16.2. The molecular formula is C23H30N4O2. The molecule has 0 aliphatic carbocycles. The predicted molar refractivity (Wildman–Crippen MR) is 116 cm³/mol. The number of amides is 2. The van der Waals surface area contributed by atoms with E-state index in [0.29, 0.717) is 5.56 Å². The third-order valence-corrected chi connectivity index (χ3v) is 5.02. The predicted octanol–water partition coefficient (Wildman–Crippen LogP) is 4.10. The number of carbonyl (C=O) groups excluding carboxylic acids is 2. The molecule has 1 aromatic heterocycles. The topological polar surface area (TPSA) is 74.3 Å². The largest absolute Gasteiger partial charge is 0.372 e. The molecular weight excluding hydrogens is 364 g/mol. The van der Waals surface area contributed by atoms with Crippen LogP contribution in [-0.4, -0.2) is 35.4 Å². The molecule has 0 spiro atoms. The molecule has 6 nitrogen and oxygen atoms in total. The summed E-state index contributed by atoms with van der Waals surface area (Å²) in [6, 6.07) is 11.0. The van der Waals surface area contributed by atoms with Crippen molar-refractivity contribution in [1.29, 1.82) is 0 Å². The van der Waals surface area contributed by atoms with Crippen LogP contribution in [0.15, 0.2) is 42.6 Å². The summed E-state index contributed by atoms with van der Waals surface area (Å²) < 4.78 is 0. The van der Waals surface area contributed by atoms with Crippen molar-refractivity contribution < 1.29 is 9.59 Å². The lowest BCUT2D eigenvalue weighted by Gasteiger charge is -2.32. The van der Waals surface area contributed by atoms with Crippen LogP contribution in [0, 0.1) is 5.92 Å². The number of pyridine rings is 1. The summed E-state index contributed by atoms with van der Waals surface area (Å²) in [5.41, 5.74) is 2.16. The minimum Gasteiger partial charge on any atom is -0.372 e. The summed E-state index contributed by atoms with van der Waals surface area (Å²) in [5, 5.41) is 5.75. The van der Waals surface area contributed by atoms with E-state index in [1.165, 1.54) is 30.8 Å². The second-order valence-corrected chi connectivity index (χ2v) is 8.80. The molecule has 154 valence electrons. The van der Waals surface area contributed by atoms with Gasteiger partial charge in [0.15, 0.2) is 0 Å². The molecule has 1 aliphatic heterocycles. The van der Waals surface area contributed by atoms with Gasteiger partial charge in [0.1, 0.15) is 5.69 Å². The molecule has 2 amide bonds. The van der Waals surface area contributed by atoms with Gasteiger partial charge in [-0.3, -0.25) is 14.6 Å². The number of hydrogen-bond donors (Lipinski definition) is 2. The molecule has 2 N–H and O–H groups in total. The van der Waals surface area contributed by atoms with E-state index >= 15 is 0 Å². The zero-order valence-corrected chi connectivity index (χ0v) is 17.7. The normalized spacial score (nSPS) is 15.1. The molecule has 6 heteroatoms. The summed E-state index contributed by atoms with van der Waals surface area (Å²) >= 11 is 0. The van der Waals surface area contributed by atoms with Crippen molar-refractivity contribution in [2.75, 3.05) is 23.3 Å². The van der Waals surface area contributed by atoms with E-state index in [-0.39, 0.29) is 23.0 Å². The average molecular weight is 395 g/mol. The maximum Gasteiger partial charge on any atom is 0.270 e. The number of rotatable bonds is 4. The zero-order valence-electron chi connectivity index (χ0n) is 17.7. The smallest absolute Gasteiger partial charge is 0.270 e. The van der Waals surface area contributed by atoms with Crippen molar-refractivity contribution in [1.82, 2.24) is 10.3 Å². The van der Waals surface area contributed by atoms with Gasteiger partial charge in [-0.1, -0.05) is 6.92 Å². The van der Waals surface area contributed by atoms with Crippen LogP contribution in [0.5, 0.6) is 0 Å². The van der Waals surface area contributed by atoms with Gasteiger partial charge in [-0.05, 0) is 75.9 Å². The van der Waals surface area contributed by atoms with Gasteiger partial charge in [-0.2, -0.15) is 0 Å². The first kappa shape index (κ1) is 20.8. The van der Waals surface area contributed by atoms with Gasteiger partial charge in [0.2, 0.25) is 0 Å². The molecule has 1 saturated heterocycles. The number of hydrogen-bond acceptors (Lipinski definition) is 4. The van der Waals surface area contributed by atoms with Crippen LogP contribution in [0.1, 0.15) is 61.4 Å². The van der Waals surface area contributed by atoms with Gasteiger partial charge in [-0.25, -0.2) is 0 Å². The molecule has 1 fully saturated rings. The van der Waals surface area contributed by atoms with Gasteiger partial charge >= 0.3 is 0 Å². The molecule has 1 aliphatic rings. The maximum absolute atomic E-state index is 12.6. The highest BCUT2D eigenvalue weighted by Crippen LogP contribution is 2.24. The number of nitrogens with one attached hydrogen (secondary N) is 2. The van der Waals surface area contributed by atoms with Gasteiger partial charge in [0.05, 0.1) is 0 Å². The van der Waals surface area contributed by atoms with Crippen molar-refractivity contribution >= 4 is 23.2 Å². The van der Waals surface area contributed by atoms with E-state index in [1.54, 1.807) is 6.07 Å². The molecule has 0 radical (unpaired) electrons. The van der Waals surface area contributed by atoms with Crippen LogP contribution in [0.3, 0.4) is 0 Å². The molecule has 0 unspecified atom stereocenters. The summed E-state index contributed by atoms with van der Waals surface area (Å²) in [6.45, 7) is 10.1. The van der Waals surface area contributed by atoms with Gasteiger partial charge in [-0.15, -0.1) is 0 Å². The van der Waals surface area contributed by atoms with E-state index in [1.807, 2.05) is 45.0 Å². The molecule has 3 rings (SSSR count). The third kappa shape index (κ3) is 5.79. The van der Waals surface area contributed by atoms with Gasteiger partial charge in [0, 0.05) is 41.8 Å². The SMILES string of the molecule is CC1CCN(c2ccc(NC(=O)c3ccnc(C(=O)NC(C)(C)C)c3)cc2)CC1. The van der Waals surface area contributed by atoms with E-state index in [9.17, 15) is 9.59 Å². The molecule has 0 saturated carbocycles. The lowest BCUT2D eigenvalue weighted by atomic mass is 9.99. The maximum atomic E-state index is 12.6. The summed E-state index contributed by atoms with van der Waals surface area (Å²) in [5.74, 6) is 0.227. The van der Waals surface area contributed by atoms with Crippen molar-refractivity contribution in [3.8, 4) is 0 Å². The number of piperidine rings is 1. The monoisotopic (exact) mass is 394 g/mol. The second-order valence-electron chi connectivity index (χ2n) is 8.80. The van der Waals surface area contributed by atoms with Crippen molar-refractivity contribution in [3.05, 3.63) is 53.9 Å². The Labute approximate surface area is 172 Å². The first-order chi connectivity index (χ1) is 13.7. The Morgan fingerprint density at radius 2 is 1.69 bits per heavy atom. The number of nitrogens with zero attached hydrogens (tertiary/aromatic N) is 2. The fraction of sp³-hybridized carbons (Fsp3) is 0.435. The van der Waals surface area contributed by atoms with Crippen molar-refractivity contribution in [3.63, 3.8) is 0 Å². The zero-order chi connectivity index (χ0) is 21.0. The Kier molecular flexibility index (Phi) is 6.20. The third-order valence-electron chi connectivity index (χ3n) is 5.02. The van der Waals surface area contributed by atoms with Crippen LogP contribution < -0.4 is 15.5 Å². The summed E-state index contributed by atoms with van der Waals surface area (Å²) in [7, 11) is 0. The Balaban J connectivity index is 1.64. The van der Waals surface area contributed by atoms with Crippen LogP contribution >= 0.6 is 0 Å². The number of anilines is 2. The molecule has 0 bridgehead atoms. The first-order valence-corrected chi connectivity index (χ1v) is 10.2. The van der Waals surface area contributed by atoms with E-state index < -0.39 is 0 Å². The Bertz CT molecular complexity index is 863. The number of benzene rings is 1. The number of aromatic nitrogens is 1. The minimum atomic E-state index is -0.370. The lowest BCUT2D eigenvalue weighted by Crippen LogP contribution is -2.41. The fourth-order valence-corrected chi connectivity index (χ4v) is 3.33. The standard InChI is InChI=1S/C23H30N4O2/c1-16-10-13-27(14-11-16)19-7-5-18(6-8-19)25-21(28)17-9-12-24-20(15-17)22(29)26-23(2,3)4/h5-9,12,15-16H,10-11,13-14H2,1-4H3,(H,25,28)(H,26,29). The summed E-state index contributed by atoms with van der Waals surface area (Å²) in [6.07, 6.45) is 3.91. The van der Waals surface area contributed by atoms with Crippen LogP contribution in [0.2, 0.25) is 0 Å². The highest BCUT2D eigenvalue weighted by Gasteiger charge is 2.18. The fourth-order valence-electron chi connectivity index (χ4n) is 3.33. The van der Waals surface area contributed by atoms with Crippen LogP contribution in [0.25, 0.3) is 0 Å². The Hall–Kier alpha value is -2.89. The molecule has 29 heavy (non-hydrogen) atoms. The molecule has 1 aromatic carbocycles. The van der Waals surface area contributed by atoms with Crippen molar-refractivity contribution in [2.24, 2.45) is 5.92 Å². The second kappa shape index (κ2) is 8.64. The Morgan fingerprint density at radius 1 is 1.03 bits per heavy atom. The molecule has 2 aromatic rings. The van der Waals surface area contributed by atoms with Crippen molar-refractivity contribution in [2.45, 2.75) is 46.1 Å². The molecule has 0 atom stereocenters. The minimum absolute atomic E-state index is 0.224. The average Bonchev–Trinajstić information content (AvgIpc) is 2.68. The van der Waals surface area contributed by atoms with E-state index in [2.05, 4.69) is 27.4 Å². The summed E-state index contributed by atoms with van der Waals surface area (Å²) in [4.78, 5) is 31.4. The van der Waals surface area contributed by atoms with E-state index in [4.69, 9.17) is 0 Å². The number of carbonyl (C=O) groups is 2. The first-order valence-electron chi connectivity index (χ1n) is 10.2. The van der Waals surface area contributed by atoms with E-state index in [0.717, 1.165) is 24.7 Å². The lowest BCUT2D eigenvalue weighted by molar-refractivity contribution is 0.0914.